The highest BCUT2D eigenvalue weighted by Crippen LogP contribution is 2.30. The molecule has 1 saturated carbocycles. The molecule has 1 fully saturated rings. The SMILES string of the molecule is CC(C)(C)CC(=O)N(Cc1cc(NC(=O)c2ccncc2)ccc1Cl)C1CCC(N)CC1. The highest BCUT2D eigenvalue weighted by atomic mass is 35.5. The van der Waals surface area contributed by atoms with E-state index in [1.807, 2.05) is 11.0 Å². The van der Waals surface area contributed by atoms with Gasteiger partial charge in [-0.25, -0.2) is 0 Å². The summed E-state index contributed by atoms with van der Waals surface area (Å²) < 4.78 is 0. The number of carbonyl (C=O) groups is 2. The van der Waals surface area contributed by atoms with Crippen LogP contribution in [0.1, 0.15) is 68.8 Å². The van der Waals surface area contributed by atoms with Gasteiger partial charge in [0.1, 0.15) is 0 Å². The number of rotatable bonds is 6. The third-order valence-corrected chi connectivity index (χ3v) is 6.14. The van der Waals surface area contributed by atoms with E-state index in [2.05, 4.69) is 31.1 Å². The van der Waals surface area contributed by atoms with Crippen LogP contribution in [-0.4, -0.2) is 33.8 Å². The summed E-state index contributed by atoms with van der Waals surface area (Å²) in [5, 5.41) is 3.48. The Hall–Kier alpha value is -2.44. The molecule has 172 valence electrons. The summed E-state index contributed by atoms with van der Waals surface area (Å²) in [6.45, 7) is 6.62. The van der Waals surface area contributed by atoms with Crippen molar-refractivity contribution in [2.75, 3.05) is 5.32 Å². The average Bonchev–Trinajstić information content (AvgIpc) is 2.74. The molecule has 7 heteroatoms. The maximum absolute atomic E-state index is 13.3. The minimum absolute atomic E-state index is 0.107. The molecule has 32 heavy (non-hydrogen) atoms. The van der Waals surface area contributed by atoms with Gasteiger partial charge in [-0.05, 0) is 67.0 Å². The van der Waals surface area contributed by atoms with Crippen LogP contribution < -0.4 is 11.1 Å². The van der Waals surface area contributed by atoms with E-state index in [4.69, 9.17) is 17.3 Å². The maximum Gasteiger partial charge on any atom is 0.255 e. The van der Waals surface area contributed by atoms with Gasteiger partial charge < -0.3 is 16.0 Å². The summed E-state index contributed by atoms with van der Waals surface area (Å²) >= 11 is 6.51. The molecule has 0 spiro atoms. The molecule has 3 rings (SSSR count). The molecule has 0 radical (unpaired) electrons. The second kappa shape index (κ2) is 10.5. The molecule has 1 aliphatic rings. The average molecular weight is 457 g/mol. The van der Waals surface area contributed by atoms with Gasteiger partial charge in [0.25, 0.3) is 5.91 Å². The summed E-state index contributed by atoms with van der Waals surface area (Å²) in [7, 11) is 0. The molecule has 0 saturated heterocycles. The van der Waals surface area contributed by atoms with Gasteiger partial charge in [0.15, 0.2) is 0 Å². The first-order chi connectivity index (χ1) is 15.1. The Labute approximate surface area is 195 Å². The zero-order valence-electron chi connectivity index (χ0n) is 19.1. The van der Waals surface area contributed by atoms with Crippen LogP contribution in [0, 0.1) is 5.41 Å². The second-order valence-electron chi connectivity index (χ2n) is 9.82. The predicted octanol–water partition coefficient (Wildman–Crippen LogP) is 5.02. The second-order valence-corrected chi connectivity index (χ2v) is 10.2. The molecule has 0 aliphatic heterocycles. The number of pyridine rings is 1. The Balaban J connectivity index is 1.80. The van der Waals surface area contributed by atoms with E-state index in [0.29, 0.717) is 29.2 Å². The number of amides is 2. The van der Waals surface area contributed by atoms with Crippen LogP contribution in [0.2, 0.25) is 5.02 Å². The third-order valence-electron chi connectivity index (χ3n) is 5.77. The highest BCUT2D eigenvalue weighted by molar-refractivity contribution is 6.31. The minimum atomic E-state index is -0.220. The van der Waals surface area contributed by atoms with Crippen LogP contribution >= 0.6 is 11.6 Å². The molecule has 0 unspecified atom stereocenters. The van der Waals surface area contributed by atoms with Gasteiger partial charge in [0.2, 0.25) is 5.91 Å². The number of nitrogens with one attached hydrogen (secondary N) is 1. The lowest BCUT2D eigenvalue weighted by molar-refractivity contribution is -0.137. The van der Waals surface area contributed by atoms with E-state index in [9.17, 15) is 9.59 Å². The lowest BCUT2D eigenvalue weighted by Crippen LogP contribution is -2.44. The van der Waals surface area contributed by atoms with Crippen molar-refractivity contribution in [3.8, 4) is 0 Å². The van der Waals surface area contributed by atoms with E-state index < -0.39 is 0 Å². The lowest BCUT2D eigenvalue weighted by Gasteiger charge is -2.37. The number of hydrogen-bond acceptors (Lipinski definition) is 4. The molecule has 0 atom stereocenters. The smallest absolute Gasteiger partial charge is 0.255 e. The molecule has 1 aromatic heterocycles. The van der Waals surface area contributed by atoms with Crippen LogP contribution in [0.5, 0.6) is 0 Å². The van der Waals surface area contributed by atoms with Gasteiger partial charge in [-0.15, -0.1) is 0 Å². The molecule has 2 aromatic rings. The molecular weight excluding hydrogens is 424 g/mol. The summed E-state index contributed by atoms with van der Waals surface area (Å²) in [4.78, 5) is 31.7. The van der Waals surface area contributed by atoms with Crippen molar-refractivity contribution in [2.24, 2.45) is 11.1 Å². The van der Waals surface area contributed by atoms with Gasteiger partial charge >= 0.3 is 0 Å². The van der Waals surface area contributed by atoms with Crippen molar-refractivity contribution in [3.63, 3.8) is 0 Å². The molecule has 1 aromatic carbocycles. The Morgan fingerprint density at radius 3 is 2.41 bits per heavy atom. The molecule has 0 bridgehead atoms. The molecule has 1 aliphatic carbocycles. The summed E-state index contributed by atoms with van der Waals surface area (Å²) in [5.74, 6) is -0.0946. The van der Waals surface area contributed by atoms with Crippen molar-refractivity contribution >= 4 is 29.1 Å². The van der Waals surface area contributed by atoms with E-state index in [0.717, 1.165) is 31.2 Å². The number of nitrogens with two attached hydrogens (primary N) is 1. The minimum Gasteiger partial charge on any atom is -0.335 e. The van der Waals surface area contributed by atoms with E-state index in [1.54, 1.807) is 36.7 Å². The lowest BCUT2D eigenvalue weighted by atomic mass is 9.88. The van der Waals surface area contributed by atoms with Gasteiger partial charge in [-0.2, -0.15) is 0 Å². The first kappa shape index (κ1) is 24.2. The molecule has 1 heterocycles. The number of halogens is 1. The fourth-order valence-corrected chi connectivity index (χ4v) is 4.23. The van der Waals surface area contributed by atoms with Gasteiger partial charge in [0.05, 0.1) is 0 Å². The third kappa shape index (κ3) is 6.78. The van der Waals surface area contributed by atoms with Crippen LogP contribution in [0.25, 0.3) is 0 Å². The monoisotopic (exact) mass is 456 g/mol. The van der Waals surface area contributed by atoms with E-state index in [1.165, 1.54) is 0 Å². The van der Waals surface area contributed by atoms with Crippen LogP contribution in [0.4, 0.5) is 5.69 Å². The fourth-order valence-electron chi connectivity index (χ4n) is 4.05. The van der Waals surface area contributed by atoms with Crippen LogP contribution in [0.3, 0.4) is 0 Å². The zero-order chi connectivity index (χ0) is 23.3. The Morgan fingerprint density at radius 2 is 1.78 bits per heavy atom. The van der Waals surface area contributed by atoms with E-state index >= 15 is 0 Å². The molecule has 3 N–H and O–H groups in total. The number of nitrogens with zero attached hydrogens (tertiary/aromatic N) is 2. The summed E-state index contributed by atoms with van der Waals surface area (Å²) in [6, 6.07) is 9.07. The Bertz CT molecular complexity index is 935. The largest absolute Gasteiger partial charge is 0.335 e. The number of anilines is 1. The first-order valence-corrected chi connectivity index (χ1v) is 11.5. The maximum atomic E-state index is 13.3. The Morgan fingerprint density at radius 1 is 1.12 bits per heavy atom. The normalized spacial score (nSPS) is 18.8. The summed E-state index contributed by atoms with van der Waals surface area (Å²) in [5.41, 5.74) is 7.97. The summed E-state index contributed by atoms with van der Waals surface area (Å²) in [6.07, 6.45) is 7.25. The number of aromatic nitrogens is 1. The predicted molar refractivity (Wildman–Crippen MR) is 128 cm³/mol. The van der Waals surface area contributed by atoms with Gasteiger partial charge in [-0.3, -0.25) is 14.6 Å². The molecule has 2 amide bonds. The van der Waals surface area contributed by atoms with Crippen molar-refractivity contribution in [1.29, 1.82) is 0 Å². The van der Waals surface area contributed by atoms with Gasteiger partial charge in [-0.1, -0.05) is 32.4 Å². The van der Waals surface area contributed by atoms with Crippen LogP contribution in [0.15, 0.2) is 42.7 Å². The number of benzene rings is 1. The molecule has 6 nitrogen and oxygen atoms in total. The van der Waals surface area contributed by atoms with Gasteiger partial charge in [0, 0.05) is 53.7 Å². The standard InChI is InChI=1S/C25H33ClN4O2/c1-25(2,3)15-23(31)30(21-7-4-19(27)5-8-21)16-18-14-20(6-9-22(18)26)29-24(32)17-10-12-28-13-11-17/h6,9-14,19,21H,4-5,7-8,15-16,27H2,1-3H3,(H,29,32). The Kier molecular flexibility index (Phi) is 7.91. The zero-order valence-corrected chi connectivity index (χ0v) is 19.9. The highest BCUT2D eigenvalue weighted by Gasteiger charge is 2.30. The fraction of sp³-hybridized carbons (Fsp3) is 0.480. The van der Waals surface area contributed by atoms with Crippen molar-refractivity contribution in [2.45, 2.75) is 71.5 Å². The van der Waals surface area contributed by atoms with Crippen molar-refractivity contribution in [3.05, 3.63) is 58.9 Å². The number of hydrogen-bond donors (Lipinski definition) is 2. The van der Waals surface area contributed by atoms with Crippen LogP contribution in [-0.2, 0) is 11.3 Å². The van der Waals surface area contributed by atoms with Crippen molar-refractivity contribution in [1.82, 2.24) is 9.88 Å². The topological polar surface area (TPSA) is 88.3 Å². The quantitative estimate of drug-likeness (QED) is 0.638. The first-order valence-electron chi connectivity index (χ1n) is 11.2. The van der Waals surface area contributed by atoms with E-state index in [-0.39, 0.29) is 29.3 Å². The molecular formula is C25H33ClN4O2. The van der Waals surface area contributed by atoms with Crippen molar-refractivity contribution < 1.29 is 9.59 Å². The number of carbonyl (C=O) groups excluding carboxylic acids is 2.